The first-order valence-corrected chi connectivity index (χ1v) is 10.9. The number of ketones is 1. The van der Waals surface area contributed by atoms with Gasteiger partial charge < -0.3 is 15.2 Å². The van der Waals surface area contributed by atoms with E-state index in [0.717, 1.165) is 0 Å². The van der Waals surface area contributed by atoms with Crippen molar-refractivity contribution in [3.8, 4) is 17.6 Å². The summed E-state index contributed by atoms with van der Waals surface area (Å²) >= 11 is 1.29. The van der Waals surface area contributed by atoms with Gasteiger partial charge in [0.2, 0.25) is 0 Å². The van der Waals surface area contributed by atoms with E-state index in [1.165, 1.54) is 23.5 Å². The van der Waals surface area contributed by atoms with Crippen LogP contribution in [0.5, 0.6) is 11.5 Å². The lowest BCUT2D eigenvalue weighted by atomic mass is 9.75. The highest BCUT2D eigenvalue weighted by Crippen LogP contribution is 2.47. The summed E-state index contributed by atoms with van der Waals surface area (Å²) < 4.78 is 10.9. The van der Waals surface area contributed by atoms with Gasteiger partial charge in [0.1, 0.15) is 17.3 Å². The number of carbonyl (C=O) groups excluding carboxylic acids is 2. The molecule has 1 unspecified atom stereocenters. The topological polar surface area (TPSA) is 118 Å². The number of nitriles is 1. The van der Waals surface area contributed by atoms with E-state index < -0.39 is 5.92 Å². The smallest absolute Gasteiger partial charge is 0.280 e. The lowest BCUT2D eigenvalue weighted by Crippen LogP contribution is -2.48. The van der Waals surface area contributed by atoms with Crippen LogP contribution < -0.4 is 20.6 Å². The van der Waals surface area contributed by atoms with Crippen LogP contribution in [-0.4, -0.2) is 30.9 Å². The van der Waals surface area contributed by atoms with Crippen molar-refractivity contribution >= 4 is 23.0 Å². The summed E-state index contributed by atoms with van der Waals surface area (Å²) in [6.07, 6.45) is 1.51. The van der Waals surface area contributed by atoms with Crippen molar-refractivity contribution in [3.05, 3.63) is 68.8 Å². The third kappa shape index (κ3) is 3.59. The number of thiophene rings is 1. The van der Waals surface area contributed by atoms with Crippen LogP contribution in [0.15, 0.2) is 58.4 Å². The third-order valence-corrected chi connectivity index (χ3v) is 6.49. The fraction of sp³-hybridized carbons (Fsp3) is 0.261. The predicted molar refractivity (Wildman–Crippen MR) is 119 cm³/mol. The van der Waals surface area contributed by atoms with Crippen LogP contribution in [-0.2, 0) is 4.79 Å². The molecule has 2 aliphatic rings. The first-order valence-electron chi connectivity index (χ1n) is 10.0. The molecule has 9 heteroatoms. The maximum absolute atomic E-state index is 13.2. The second-order valence-corrected chi connectivity index (χ2v) is 8.29. The van der Waals surface area contributed by atoms with Gasteiger partial charge in [-0.25, -0.2) is 5.01 Å². The maximum Gasteiger partial charge on any atom is 0.280 e. The summed E-state index contributed by atoms with van der Waals surface area (Å²) in [5.41, 5.74) is 11.0. The van der Waals surface area contributed by atoms with E-state index in [1.807, 2.05) is 0 Å². The van der Waals surface area contributed by atoms with Gasteiger partial charge >= 0.3 is 0 Å². The summed E-state index contributed by atoms with van der Waals surface area (Å²) in [6, 6.07) is 10.9. The Morgan fingerprint density at radius 1 is 1.28 bits per heavy atom. The quantitative estimate of drug-likeness (QED) is 0.718. The van der Waals surface area contributed by atoms with Gasteiger partial charge in [0.25, 0.3) is 5.91 Å². The van der Waals surface area contributed by atoms with E-state index in [1.54, 1.807) is 42.8 Å². The zero-order chi connectivity index (χ0) is 22.8. The van der Waals surface area contributed by atoms with Gasteiger partial charge in [-0.3, -0.25) is 15.0 Å². The molecule has 164 valence electrons. The minimum absolute atomic E-state index is 0.0840. The lowest BCUT2D eigenvalue weighted by molar-refractivity contribution is -0.116. The number of ether oxygens (including phenoxy) is 2. The van der Waals surface area contributed by atoms with Crippen molar-refractivity contribution in [2.45, 2.75) is 25.2 Å². The van der Waals surface area contributed by atoms with E-state index in [9.17, 15) is 14.9 Å². The first-order chi connectivity index (χ1) is 15.5. The summed E-state index contributed by atoms with van der Waals surface area (Å²) in [4.78, 5) is 26.4. The maximum atomic E-state index is 13.2. The van der Waals surface area contributed by atoms with E-state index >= 15 is 0 Å². The number of allylic oxidation sites excluding steroid dienone is 3. The van der Waals surface area contributed by atoms with E-state index in [0.29, 0.717) is 52.5 Å². The number of rotatable bonds is 5. The molecule has 0 radical (unpaired) electrons. The summed E-state index contributed by atoms with van der Waals surface area (Å²) in [6.45, 7) is 0. The standard InChI is InChI=1S/C23H22N4O4S/c1-30-13-8-9-18(31-2)14(11-13)20-15(12-24)22(25)27(16-5-3-6-17(28)21(16)20)26-23(29)19-7-4-10-32-19/h4,7-11,20H,3,5-6,25H2,1-2H3,(H,26,29). The van der Waals surface area contributed by atoms with E-state index in [4.69, 9.17) is 15.2 Å². The Bertz CT molecular complexity index is 1180. The van der Waals surface area contributed by atoms with Gasteiger partial charge in [0, 0.05) is 23.3 Å². The molecular formula is C23H22N4O4S. The lowest BCUT2D eigenvalue weighted by Gasteiger charge is -2.39. The zero-order valence-electron chi connectivity index (χ0n) is 17.7. The number of hydrogen-bond donors (Lipinski definition) is 2. The molecule has 1 amide bonds. The summed E-state index contributed by atoms with van der Waals surface area (Å²) in [5.74, 6) is -0.00382. The monoisotopic (exact) mass is 450 g/mol. The minimum Gasteiger partial charge on any atom is -0.497 e. The Kier molecular flexibility index (Phi) is 5.88. The van der Waals surface area contributed by atoms with Crippen molar-refractivity contribution in [3.63, 3.8) is 0 Å². The normalized spacial score (nSPS) is 18.2. The Morgan fingerprint density at radius 3 is 2.75 bits per heavy atom. The van der Waals surface area contributed by atoms with Crippen molar-refractivity contribution in [2.24, 2.45) is 5.73 Å². The van der Waals surface area contributed by atoms with Gasteiger partial charge in [0.15, 0.2) is 5.78 Å². The Balaban J connectivity index is 1.88. The van der Waals surface area contributed by atoms with Gasteiger partial charge in [-0.05, 0) is 42.5 Å². The van der Waals surface area contributed by atoms with Crippen LogP contribution in [0.4, 0.5) is 0 Å². The highest BCUT2D eigenvalue weighted by atomic mass is 32.1. The molecule has 0 spiro atoms. The average molecular weight is 451 g/mol. The first kappa shape index (κ1) is 21.5. The molecular weight excluding hydrogens is 428 g/mol. The van der Waals surface area contributed by atoms with E-state index in [2.05, 4.69) is 11.5 Å². The highest BCUT2D eigenvalue weighted by Gasteiger charge is 2.41. The van der Waals surface area contributed by atoms with E-state index in [-0.39, 0.29) is 23.1 Å². The summed E-state index contributed by atoms with van der Waals surface area (Å²) in [7, 11) is 3.07. The number of hydrogen-bond acceptors (Lipinski definition) is 8. The molecule has 2 heterocycles. The number of nitrogens with one attached hydrogen (secondary N) is 1. The van der Waals surface area contributed by atoms with Crippen molar-refractivity contribution in [1.82, 2.24) is 10.4 Å². The number of nitrogens with zero attached hydrogens (tertiary/aromatic N) is 2. The number of amides is 1. The number of hydrazine groups is 1. The second kappa shape index (κ2) is 8.77. The number of nitrogens with two attached hydrogens (primary N) is 1. The van der Waals surface area contributed by atoms with Crippen molar-refractivity contribution in [2.75, 3.05) is 14.2 Å². The highest BCUT2D eigenvalue weighted by molar-refractivity contribution is 7.12. The molecule has 3 N–H and O–H groups in total. The molecule has 1 atom stereocenters. The van der Waals surface area contributed by atoms with Gasteiger partial charge in [-0.1, -0.05) is 6.07 Å². The minimum atomic E-state index is -0.720. The van der Waals surface area contributed by atoms with Crippen LogP contribution in [0.25, 0.3) is 0 Å². The molecule has 4 rings (SSSR count). The fourth-order valence-electron chi connectivity index (χ4n) is 4.15. The molecule has 0 saturated carbocycles. The van der Waals surface area contributed by atoms with Crippen LogP contribution in [0, 0.1) is 11.3 Å². The molecule has 1 aromatic heterocycles. The zero-order valence-corrected chi connectivity index (χ0v) is 18.5. The molecule has 2 aromatic rings. The molecule has 32 heavy (non-hydrogen) atoms. The molecule has 0 fully saturated rings. The van der Waals surface area contributed by atoms with Gasteiger partial charge in [-0.15, -0.1) is 11.3 Å². The second-order valence-electron chi connectivity index (χ2n) is 7.34. The Morgan fingerprint density at radius 2 is 2.09 bits per heavy atom. The average Bonchev–Trinajstić information content (AvgIpc) is 3.35. The Labute approximate surface area is 189 Å². The molecule has 1 aliphatic heterocycles. The summed E-state index contributed by atoms with van der Waals surface area (Å²) in [5, 5.41) is 13.3. The Hall–Kier alpha value is -3.77. The van der Waals surface area contributed by atoms with Crippen LogP contribution in [0.3, 0.4) is 0 Å². The number of methoxy groups -OCH3 is 2. The largest absolute Gasteiger partial charge is 0.497 e. The molecule has 1 aromatic carbocycles. The molecule has 0 saturated heterocycles. The molecule has 8 nitrogen and oxygen atoms in total. The number of benzene rings is 1. The third-order valence-electron chi connectivity index (χ3n) is 5.62. The molecule has 0 bridgehead atoms. The van der Waals surface area contributed by atoms with Crippen LogP contribution in [0.1, 0.15) is 40.4 Å². The van der Waals surface area contributed by atoms with Gasteiger partial charge in [0.05, 0.1) is 36.7 Å². The van der Waals surface area contributed by atoms with Crippen molar-refractivity contribution in [1.29, 1.82) is 5.26 Å². The fourth-order valence-corrected chi connectivity index (χ4v) is 4.77. The number of carbonyl (C=O) groups is 2. The number of Topliss-reactive ketones (excluding diaryl/α,β-unsaturated/α-hetero) is 1. The molecule has 1 aliphatic carbocycles. The van der Waals surface area contributed by atoms with Gasteiger partial charge in [-0.2, -0.15) is 5.26 Å². The predicted octanol–water partition coefficient (Wildman–Crippen LogP) is 3.21. The SMILES string of the molecule is COc1ccc(OC)c(C2C(C#N)=C(N)N(NC(=O)c3cccs3)C3=C2C(=O)CCC3)c1. The van der Waals surface area contributed by atoms with Crippen LogP contribution >= 0.6 is 11.3 Å². The van der Waals surface area contributed by atoms with Crippen LogP contribution in [0.2, 0.25) is 0 Å². The van der Waals surface area contributed by atoms with Crippen molar-refractivity contribution < 1.29 is 19.1 Å².